The Labute approximate surface area is 166 Å². The number of hydrogen-bond acceptors (Lipinski definition) is 4. The minimum Gasteiger partial charge on any atom is -0.484 e. The quantitative estimate of drug-likeness (QED) is 0.676. The van der Waals surface area contributed by atoms with E-state index >= 15 is 0 Å². The van der Waals surface area contributed by atoms with E-state index in [4.69, 9.17) is 4.74 Å². The number of para-hydroxylation sites is 2. The number of aromatic nitrogens is 3. The van der Waals surface area contributed by atoms with Gasteiger partial charge in [-0.2, -0.15) is 13.2 Å². The summed E-state index contributed by atoms with van der Waals surface area (Å²) >= 11 is 0. The largest absolute Gasteiger partial charge is 2.00 e. The van der Waals surface area contributed by atoms with Crippen LogP contribution in [0.25, 0.3) is 11.0 Å². The molecular formula is C16H14F3MgN3O2S+2. The number of nitrogens with one attached hydrogen (secondary N) is 1. The Hall–Kier alpha value is -1.65. The van der Waals surface area contributed by atoms with Crippen molar-refractivity contribution in [2.24, 2.45) is 0 Å². The van der Waals surface area contributed by atoms with E-state index in [0.29, 0.717) is 21.9 Å². The second-order valence-electron chi connectivity index (χ2n) is 5.33. The molecule has 1 aromatic carbocycles. The number of H-pyrrole nitrogens is 1. The Kier molecular flexibility index (Phi) is 6.64. The van der Waals surface area contributed by atoms with Crippen molar-refractivity contribution in [3.63, 3.8) is 0 Å². The van der Waals surface area contributed by atoms with E-state index in [1.807, 2.05) is 18.2 Å². The first kappa shape index (κ1) is 20.7. The summed E-state index contributed by atoms with van der Waals surface area (Å²) in [6.07, 6.45) is -3.09. The van der Waals surface area contributed by atoms with Gasteiger partial charge in [-0.05, 0) is 25.1 Å². The van der Waals surface area contributed by atoms with Gasteiger partial charge < -0.3 is 9.72 Å². The van der Waals surface area contributed by atoms with Crippen LogP contribution in [0.3, 0.4) is 0 Å². The normalized spacial score (nSPS) is 12.6. The molecule has 0 fully saturated rings. The number of alkyl halides is 3. The molecule has 10 heteroatoms. The van der Waals surface area contributed by atoms with Crippen molar-refractivity contribution in [2.45, 2.75) is 24.0 Å². The van der Waals surface area contributed by atoms with Gasteiger partial charge in [-0.1, -0.05) is 12.1 Å². The maximum absolute atomic E-state index is 12.5. The van der Waals surface area contributed by atoms with Crippen LogP contribution >= 0.6 is 0 Å². The fraction of sp³-hybridized carbons (Fsp3) is 0.250. The summed E-state index contributed by atoms with van der Waals surface area (Å²) in [5, 5.41) is 0.295. The van der Waals surface area contributed by atoms with Gasteiger partial charge in [0.05, 0.1) is 33.3 Å². The zero-order valence-electron chi connectivity index (χ0n) is 13.8. The minimum absolute atomic E-state index is 0. The van der Waals surface area contributed by atoms with E-state index < -0.39 is 23.6 Å². The molecule has 26 heavy (non-hydrogen) atoms. The molecule has 0 saturated carbocycles. The molecule has 0 bridgehead atoms. The predicted molar refractivity (Wildman–Crippen MR) is 92.5 cm³/mol. The third kappa shape index (κ3) is 4.95. The van der Waals surface area contributed by atoms with Crippen LogP contribution in [0.4, 0.5) is 13.2 Å². The number of fused-ring (bicyclic) bond motifs is 1. The van der Waals surface area contributed by atoms with Gasteiger partial charge in [0, 0.05) is 11.8 Å². The summed E-state index contributed by atoms with van der Waals surface area (Å²) < 4.78 is 54.2. The number of imidazole rings is 1. The van der Waals surface area contributed by atoms with Crippen LogP contribution in [0.1, 0.15) is 11.3 Å². The maximum Gasteiger partial charge on any atom is 2.00 e. The SMILES string of the molecule is Cc1c(OCC(F)(F)F)ccnc1C[S@@](=O)c1nc2ccccc2[nH]1.[Mg+2]. The predicted octanol–water partition coefficient (Wildman–Crippen LogP) is 3.13. The molecule has 1 N–H and O–H groups in total. The van der Waals surface area contributed by atoms with Crippen molar-refractivity contribution < 1.29 is 22.1 Å². The average molecular weight is 394 g/mol. The van der Waals surface area contributed by atoms with Gasteiger partial charge in [0.25, 0.3) is 0 Å². The first-order chi connectivity index (χ1) is 11.8. The Morgan fingerprint density at radius 1 is 1.23 bits per heavy atom. The zero-order chi connectivity index (χ0) is 18.0. The Balaban J connectivity index is 0.00000243. The topological polar surface area (TPSA) is 67.9 Å². The summed E-state index contributed by atoms with van der Waals surface area (Å²) in [6, 6.07) is 8.62. The molecule has 0 saturated heterocycles. The van der Waals surface area contributed by atoms with Crippen LogP contribution in [-0.2, 0) is 16.6 Å². The van der Waals surface area contributed by atoms with Gasteiger partial charge >= 0.3 is 29.2 Å². The third-order valence-electron chi connectivity index (χ3n) is 3.50. The van der Waals surface area contributed by atoms with Crippen LogP contribution in [0.15, 0.2) is 41.7 Å². The molecule has 0 aliphatic carbocycles. The van der Waals surface area contributed by atoms with E-state index in [1.54, 1.807) is 13.0 Å². The van der Waals surface area contributed by atoms with Crippen molar-refractivity contribution in [1.29, 1.82) is 0 Å². The Morgan fingerprint density at radius 2 is 1.96 bits per heavy atom. The standard InChI is InChI=1S/C16H14F3N3O2S.Mg/c1-10-13(20-7-6-14(10)24-9-16(17,18)19)8-25(23)15-21-11-4-2-3-5-12(11)22-15;/h2-7H,8-9H2,1H3,(H,21,22);/q;+2/t25-;/m1./s1. The third-order valence-corrected chi connectivity index (χ3v) is 4.66. The van der Waals surface area contributed by atoms with Gasteiger partial charge in [0.2, 0.25) is 0 Å². The Morgan fingerprint density at radius 3 is 2.65 bits per heavy atom. The second kappa shape index (κ2) is 8.36. The van der Waals surface area contributed by atoms with E-state index in [2.05, 4.69) is 15.0 Å². The van der Waals surface area contributed by atoms with Gasteiger partial charge in [-0.3, -0.25) is 9.19 Å². The molecule has 3 rings (SSSR count). The first-order valence-electron chi connectivity index (χ1n) is 7.30. The molecule has 2 heterocycles. The summed E-state index contributed by atoms with van der Waals surface area (Å²) in [6.45, 7) is 0.202. The number of aromatic amines is 1. The van der Waals surface area contributed by atoms with Gasteiger partial charge in [0.15, 0.2) is 11.8 Å². The van der Waals surface area contributed by atoms with Gasteiger partial charge in [-0.15, -0.1) is 0 Å². The molecule has 1 atom stereocenters. The minimum atomic E-state index is -4.42. The zero-order valence-corrected chi connectivity index (χ0v) is 16.1. The molecule has 0 aliphatic rings. The van der Waals surface area contributed by atoms with Crippen LogP contribution in [-0.4, -0.2) is 55.0 Å². The van der Waals surface area contributed by atoms with Gasteiger partial charge in [0.1, 0.15) is 5.75 Å². The summed E-state index contributed by atoms with van der Waals surface area (Å²) in [4.78, 5) is 11.3. The Bertz CT molecular complexity index is 897. The van der Waals surface area contributed by atoms with Crippen molar-refractivity contribution in [2.75, 3.05) is 6.61 Å². The second-order valence-corrected chi connectivity index (χ2v) is 6.70. The number of pyridine rings is 1. The molecule has 0 radical (unpaired) electrons. The van der Waals surface area contributed by atoms with Crippen LogP contribution in [0.5, 0.6) is 5.75 Å². The number of benzene rings is 1. The van der Waals surface area contributed by atoms with Crippen molar-refractivity contribution >= 4 is 44.9 Å². The van der Waals surface area contributed by atoms with E-state index in [0.717, 1.165) is 5.52 Å². The number of halogens is 3. The van der Waals surface area contributed by atoms with Gasteiger partial charge in [-0.25, -0.2) is 4.98 Å². The smallest absolute Gasteiger partial charge is 0.484 e. The van der Waals surface area contributed by atoms with E-state index in [9.17, 15) is 17.4 Å². The van der Waals surface area contributed by atoms with Crippen molar-refractivity contribution in [1.82, 2.24) is 15.0 Å². The molecular weight excluding hydrogens is 380 g/mol. The maximum atomic E-state index is 12.5. The molecule has 5 nitrogen and oxygen atoms in total. The number of hydrogen-bond donors (Lipinski definition) is 1. The fourth-order valence-electron chi connectivity index (χ4n) is 2.25. The molecule has 2 aromatic heterocycles. The fourth-order valence-corrected chi connectivity index (χ4v) is 3.35. The number of rotatable bonds is 5. The average Bonchev–Trinajstić information content (AvgIpc) is 2.99. The molecule has 132 valence electrons. The number of nitrogens with zero attached hydrogens (tertiary/aromatic N) is 2. The van der Waals surface area contributed by atoms with Crippen molar-refractivity contribution in [3.05, 3.63) is 47.8 Å². The molecule has 3 aromatic rings. The monoisotopic (exact) mass is 393 g/mol. The summed E-state index contributed by atoms with van der Waals surface area (Å²) in [5.41, 5.74) is 2.28. The first-order valence-corrected chi connectivity index (χ1v) is 8.62. The van der Waals surface area contributed by atoms with Crippen LogP contribution < -0.4 is 4.74 Å². The van der Waals surface area contributed by atoms with Crippen molar-refractivity contribution in [3.8, 4) is 5.75 Å². The summed E-state index contributed by atoms with van der Waals surface area (Å²) in [5.74, 6) is 0.0958. The van der Waals surface area contributed by atoms with Crippen LogP contribution in [0, 0.1) is 6.92 Å². The molecule has 0 amide bonds. The molecule has 0 unspecified atom stereocenters. The summed E-state index contributed by atoms with van der Waals surface area (Å²) in [7, 11) is -1.51. The van der Waals surface area contributed by atoms with E-state index in [-0.39, 0.29) is 34.6 Å². The van der Waals surface area contributed by atoms with Crippen LogP contribution in [0.2, 0.25) is 0 Å². The van der Waals surface area contributed by atoms with E-state index in [1.165, 1.54) is 12.3 Å². The molecule has 0 spiro atoms. The number of ether oxygens (including phenoxy) is 1. The molecule has 0 aliphatic heterocycles.